The molecule has 0 unspecified atom stereocenters. The molecule has 0 aliphatic heterocycles. The highest BCUT2D eigenvalue weighted by Crippen LogP contribution is 2.02. The van der Waals surface area contributed by atoms with Crippen molar-refractivity contribution in [1.82, 2.24) is 5.32 Å². The molecule has 0 bridgehead atoms. The first kappa shape index (κ1) is 23.4. The Morgan fingerprint density at radius 2 is 1.32 bits per heavy atom. The highest BCUT2D eigenvalue weighted by Gasteiger charge is 1.99. The topological polar surface area (TPSA) is 29.1 Å². The lowest BCUT2D eigenvalue weighted by molar-refractivity contribution is -0.121. The van der Waals surface area contributed by atoms with Crippen LogP contribution in [0.5, 0.6) is 0 Å². The lowest BCUT2D eigenvalue weighted by Crippen LogP contribution is -2.23. The molecule has 1 amide bonds. The molecule has 0 aromatic rings. The van der Waals surface area contributed by atoms with Crippen molar-refractivity contribution < 1.29 is 4.79 Å². The summed E-state index contributed by atoms with van der Waals surface area (Å²) in [5.74, 6) is 0.209. The van der Waals surface area contributed by atoms with Crippen LogP contribution < -0.4 is 5.32 Å². The van der Waals surface area contributed by atoms with E-state index in [-0.39, 0.29) is 5.91 Å². The number of carbonyl (C=O) groups excluding carboxylic acids is 1. The molecule has 0 atom stereocenters. The van der Waals surface area contributed by atoms with Gasteiger partial charge in [0.05, 0.1) is 0 Å². The van der Waals surface area contributed by atoms with Crippen LogP contribution in [0.25, 0.3) is 0 Å². The fourth-order valence-electron chi connectivity index (χ4n) is 2.34. The number of unbranched alkanes of at least 4 members (excludes halogenated alkanes) is 4. The fourth-order valence-corrected chi connectivity index (χ4v) is 2.34. The smallest absolute Gasteiger partial charge is 0.219 e. The van der Waals surface area contributed by atoms with Crippen molar-refractivity contribution in [1.29, 1.82) is 0 Å². The molecule has 0 saturated carbocycles. The molecular weight excluding hydrogens is 306 g/mol. The van der Waals surface area contributed by atoms with Crippen LogP contribution in [0.15, 0.2) is 48.6 Å². The minimum Gasteiger partial charge on any atom is -0.356 e. The average Bonchev–Trinajstić information content (AvgIpc) is 2.62. The maximum atomic E-state index is 11.6. The summed E-state index contributed by atoms with van der Waals surface area (Å²) in [6, 6.07) is 0. The minimum atomic E-state index is 0.209. The first-order chi connectivity index (χ1) is 12.3. The molecule has 0 saturated heterocycles. The van der Waals surface area contributed by atoms with Crippen LogP contribution in [-0.4, -0.2) is 12.5 Å². The molecule has 0 aromatic carbocycles. The van der Waals surface area contributed by atoms with Gasteiger partial charge in [-0.2, -0.15) is 0 Å². The van der Waals surface area contributed by atoms with Crippen LogP contribution in [0.1, 0.15) is 84.5 Å². The Bertz CT molecular complexity index is 404. The summed E-state index contributed by atoms with van der Waals surface area (Å²) in [7, 11) is 0. The van der Waals surface area contributed by atoms with Crippen molar-refractivity contribution in [3.8, 4) is 0 Å². The van der Waals surface area contributed by atoms with Gasteiger partial charge in [0.1, 0.15) is 0 Å². The molecular formula is C23H39NO. The Balaban J connectivity index is 3.41. The van der Waals surface area contributed by atoms with Gasteiger partial charge in [0, 0.05) is 13.0 Å². The molecule has 2 nitrogen and oxygen atoms in total. The van der Waals surface area contributed by atoms with Crippen molar-refractivity contribution in [3.05, 3.63) is 48.6 Å². The van der Waals surface area contributed by atoms with Crippen molar-refractivity contribution in [2.24, 2.45) is 0 Å². The number of allylic oxidation sites excluding steroid dienone is 8. The highest BCUT2D eigenvalue weighted by atomic mass is 16.1. The summed E-state index contributed by atoms with van der Waals surface area (Å²) in [4.78, 5) is 11.6. The Morgan fingerprint density at radius 1 is 0.720 bits per heavy atom. The van der Waals surface area contributed by atoms with Gasteiger partial charge in [0.2, 0.25) is 5.91 Å². The Morgan fingerprint density at radius 3 is 1.92 bits per heavy atom. The van der Waals surface area contributed by atoms with Crippen LogP contribution in [-0.2, 0) is 4.79 Å². The van der Waals surface area contributed by atoms with E-state index in [0.29, 0.717) is 6.42 Å². The molecule has 1 N–H and O–H groups in total. The lowest BCUT2D eigenvalue weighted by atomic mass is 10.1. The first-order valence-corrected chi connectivity index (χ1v) is 10.2. The fraction of sp³-hybridized carbons (Fsp3) is 0.609. The van der Waals surface area contributed by atoms with E-state index in [1.807, 2.05) is 0 Å². The van der Waals surface area contributed by atoms with Crippen LogP contribution in [0.3, 0.4) is 0 Å². The molecule has 0 heterocycles. The van der Waals surface area contributed by atoms with Crippen molar-refractivity contribution in [2.45, 2.75) is 84.5 Å². The minimum absolute atomic E-state index is 0.209. The van der Waals surface area contributed by atoms with Crippen LogP contribution in [0.2, 0.25) is 0 Å². The van der Waals surface area contributed by atoms with Gasteiger partial charge in [-0.3, -0.25) is 4.79 Å². The third kappa shape index (κ3) is 20.4. The molecule has 0 spiro atoms. The largest absolute Gasteiger partial charge is 0.356 e. The van der Waals surface area contributed by atoms with Crippen LogP contribution in [0, 0.1) is 0 Å². The number of carbonyl (C=O) groups is 1. The molecule has 0 aliphatic carbocycles. The molecule has 142 valence electrons. The van der Waals surface area contributed by atoms with E-state index in [9.17, 15) is 4.79 Å². The van der Waals surface area contributed by atoms with E-state index in [4.69, 9.17) is 0 Å². The first-order valence-electron chi connectivity index (χ1n) is 10.2. The van der Waals surface area contributed by atoms with Gasteiger partial charge in [-0.05, 0) is 51.4 Å². The van der Waals surface area contributed by atoms with Crippen molar-refractivity contribution >= 4 is 5.91 Å². The Hall–Kier alpha value is -1.57. The van der Waals surface area contributed by atoms with E-state index in [1.165, 1.54) is 12.8 Å². The van der Waals surface area contributed by atoms with Gasteiger partial charge < -0.3 is 5.32 Å². The standard InChI is InChI=1S/C23H39NO/c1-3-5-7-8-9-10-11-12-13-14-15-16-17-18-19-21-23(25)24-22-20-6-4-2/h5,7,9-10,12-13,15-16H,3-4,6,8,11,14,17-22H2,1-2H3,(H,24,25)/b7-5-,10-9-,13-12-,16-15-. The molecule has 0 fully saturated rings. The van der Waals surface area contributed by atoms with E-state index in [0.717, 1.165) is 57.9 Å². The molecule has 0 aromatic heterocycles. The average molecular weight is 346 g/mol. The van der Waals surface area contributed by atoms with Gasteiger partial charge in [-0.1, -0.05) is 75.3 Å². The molecule has 0 radical (unpaired) electrons. The zero-order valence-electron chi connectivity index (χ0n) is 16.5. The lowest BCUT2D eigenvalue weighted by Gasteiger charge is -2.03. The number of amides is 1. The SMILES string of the molecule is CC/C=C\C/C=C\C/C=C\C/C=C\CCCCC(=O)NCCCCC. The molecule has 0 aliphatic rings. The molecule has 0 rings (SSSR count). The van der Waals surface area contributed by atoms with E-state index >= 15 is 0 Å². The second kappa shape index (κ2) is 20.5. The second-order valence-corrected chi connectivity index (χ2v) is 6.30. The summed E-state index contributed by atoms with van der Waals surface area (Å²) >= 11 is 0. The van der Waals surface area contributed by atoms with Gasteiger partial charge >= 0.3 is 0 Å². The van der Waals surface area contributed by atoms with Gasteiger partial charge in [0.25, 0.3) is 0 Å². The summed E-state index contributed by atoms with van der Waals surface area (Å²) in [6.07, 6.45) is 29.2. The van der Waals surface area contributed by atoms with Gasteiger partial charge in [-0.25, -0.2) is 0 Å². The second-order valence-electron chi connectivity index (χ2n) is 6.30. The summed E-state index contributed by atoms with van der Waals surface area (Å²) in [6.45, 7) is 5.17. The summed E-state index contributed by atoms with van der Waals surface area (Å²) < 4.78 is 0. The molecule has 2 heteroatoms. The predicted molar refractivity (Wildman–Crippen MR) is 112 cm³/mol. The predicted octanol–water partition coefficient (Wildman–Crippen LogP) is 6.66. The van der Waals surface area contributed by atoms with E-state index < -0.39 is 0 Å². The van der Waals surface area contributed by atoms with Crippen molar-refractivity contribution in [3.63, 3.8) is 0 Å². The monoisotopic (exact) mass is 345 g/mol. The van der Waals surface area contributed by atoms with Crippen LogP contribution in [0.4, 0.5) is 0 Å². The van der Waals surface area contributed by atoms with Crippen LogP contribution >= 0.6 is 0 Å². The zero-order chi connectivity index (χ0) is 18.4. The Labute approximate surface area is 156 Å². The third-order valence-corrected chi connectivity index (χ3v) is 3.85. The number of rotatable bonds is 16. The highest BCUT2D eigenvalue weighted by molar-refractivity contribution is 5.75. The normalized spacial score (nSPS) is 12.2. The third-order valence-electron chi connectivity index (χ3n) is 3.85. The Kier molecular flexibility index (Phi) is 19.2. The van der Waals surface area contributed by atoms with Gasteiger partial charge in [-0.15, -0.1) is 0 Å². The van der Waals surface area contributed by atoms with E-state index in [2.05, 4.69) is 67.8 Å². The van der Waals surface area contributed by atoms with Crippen molar-refractivity contribution in [2.75, 3.05) is 6.54 Å². The maximum Gasteiger partial charge on any atom is 0.219 e. The summed E-state index contributed by atoms with van der Waals surface area (Å²) in [5, 5.41) is 2.99. The zero-order valence-corrected chi connectivity index (χ0v) is 16.5. The summed E-state index contributed by atoms with van der Waals surface area (Å²) in [5.41, 5.74) is 0. The van der Waals surface area contributed by atoms with Gasteiger partial charge in [0.15, 0.2) is 0 Å². The number of nitrogens with one attached hydrogen (secondary N) is 1. The molecule has 25 heavy (non-hydrogen) atoms. The quantitative estimate of drug-likeness (QED) is 0.246. The maximum absolute atomic E-state index is 11.6. The number of hydrogen-bond acceptors (Lipinski definition) is 1. The number of hydrogen-bond donors (Lipinski definition) is 1. The van der Waals surface area contributed by atoms with E-state index in [1.54, 1.807) is 0 Å².